The molecule has 0 fully saturated rings. The second kappa shape index (κ2) is 2.92. The molecule has 0 aliphatic heterocycles. The summed E-state index contributed by atoms with van der Waals surface area (Å²) in [5, 5.41) is 1.12. The number of H-pyrrole nitrogens is 1. The van der Waals surface area contributed by atoms with Gasteiger partial charge in [-0.05, 0) is 18.2 Å². The van der Waals surface area contributed by atoms with Crippen molar-refractivity contribution < 1.29 is 0 Å². The molecule has 3 nitrogen and oxygen atoms in total. The van der Waals surface area contributed by atoms with Gasteiger partial charge in [-0.15, -0.1) is 0 Å². The molecule has 2 aromatic rings. The summed E-state index contributed by atoms with van der Waals surface area (Å²) in [5.41, 5.74) is 15.2. The zero-order chi connectivity index (χ0) is 11.2. The minimum Gasteiger partial charge on any atom is -0.397 e. The average molecular weight is 203 g/mol. The minimum absolute atomic E-state index is 0.114. The van der Waals surface area contributed by atoms with Gasteiger partial charge < -0.3 is 16.5 Å². The fourth-order valence-corrected chi connectivity index (χ4v) is 1.62. The molecule has 1 aromatic heterocycles. The van der Waals surface area contributed by atoms with Gasteiger partial charge in [0, 0.05) is 22.0 Å². The minimum atomic E-state index is 0.114. The first-order valence-corrected chi connectivity index (χ1v) is 5.06. The van der Waals surface area contributed by atoms with Crippen LogP contribution in [0, 0.1) is 0 Å². The van der Waals surface area contributed by atoms with Crippen molar-refractivity contribution in [3.8, 4) is 0 Å². The number of anilines is 2. The lowest BCUT2D eigenvalue weighted by molar-refractivity contribution is 0.574. The molecular weight excluding hydrogens is 186 g/mol. The average Bonchev–Trinajstić information content (AvgIpc) is 2.47. The van der Waals surface area contributed by atoms with Crippen molar-refractivity contribution in [3.63, 3.8) is 0 Å². The van der Waals surface area contributed by atoms with Crippen molar-refractivity contribution in [1.29, 1.82) is 0 Å². The van der Waals surface area contributed by atoms with E-state index in [0.29, 0.717) is 11.4 Å². The quantitative estimate of drug-likeness (QED) is 0.576. The topological polar surface area (TPSA) is 67.8 Å². The third-order valence-electron chi connectivity index (χ3n) is 2.63. The molecule has 0 amide bonds. The molecule has 3 heteroatoms. The van der Waals surface area contributed by atoms with Gasteiger partial charge in [0.15, 0.2) is 0 Å². The van der Waals surface area contributed by atoms with Crippen LogP contribution in [0.3, 0.4) is 0 Å². The van der Waals surface area contributed by atoms with Crippen molar-refractivity contribution in [1.82, 2.24) is 4.98 Å². The van der Waals surface area contributed by atoms with Crippen LogP contribution in [-0.4, -0.2) is 4.98 Å². The zero-order valence-electron chi connectivity index (χ0n) is 9.39. The van der Waals surface area contributed by atoms with E-state index in [1.165, 1.54) is 5.69 Å². The summed E-state index contributed by atoms with van der Waals surface area (Å²) in [6.45, 7) is 6.51. The molecule has 0 bridgehead atoms. The number of aromatic nitrogens is 1. The predicted octanol–water partition coefficient (Wildman–Crippen LogP) is 2.63. The molecule has 0 saturated heterocycles. The van der Waals surface area contributed by atoms with Crippen molar-refractivity contribution in [2.75, 3.05) is 11.5 Å². The summed E-state index contributed by atoms with van der Waals surface area (Å²) in [4.78, 5) is 3.37. The molecule has 80 valence electrons. The second-order valence-electron chi connectivity index (χ2n) is 5.00. The number of fused-ring (bicyclic) bond motifs is 1. The molecule has 1 aromatic carbocycles. The molecule has 2 rings (SSSR count). The number of nitrogens with two attached hydrogens (primary N) is 2. The molecule has 5 N–H and O–H groups in total. The molecule has 0 unspecified atom stereocenters. The molecule has 0 radical (unpaired) electrons. The molecule has 1 heterocycles. The van der Waals surface area contributed by atoms with Crippen LogP contribution < -0.4 is 11.5 Å². The van der Waals surface area contributed by atoms with Gasteiger partial charge in [-0.3, -0.25) is 0 Å². The van der Waals surface area contributed by atoms with Gasteiger partial charge >= 0.3 is 0 Å². The third kappa shape index (κ3) is 1.65. The van der Waals surface area contributed by atoms with Crippen molar-refractivity contribution in [3.05, 3.63) is 23.9 Å². The van der Waals surface area contributed by atoms with E-state index >= 15 is 0 Å². The van der Waals surface area contributed by atoms with E-state index < -0.39 is 0 Å². The maximum atomic E-state index is 5.77. The highest BCUT2D eigenvalue weighted by Crippen LogP contribution is 2.29. The van der Waals surface area contributed by atoms with E-state index in [4.69, 9.17) is 11.5 Å². The Bertz CT molecular complexity index is 464. The summed E-state index contributed by atoms with van der Waals surface area (Å²) in [7, 11) is 0. The molecule has 0 saturated carbocycles. The van der Waals surface area contributed by atoms with Crippen LogP contribution in [0.15, 0.2) is 18.2 Å². The highest BCUT2D eigenvalue weighted by Gasteiger charge is 2.16. The van der Waals surface area contributed by atoms with Gasteiger partial charge in [0.05, 0.1) is 11.4 Å². The highest BCUT2D eigenvalue weighted by molar-refractivity contribution is 5.89. The van der Waals surface area contributed by atoms with Gasteiger partial charge in [-0.25, -0.2) is 0 Å². The Hall–Kier alpha value is -1.64. The molecule has 15 heavy (non-hydrogen) atoms. The summed E-state index contributed by atoms with van der Waals surface area (Å²) in [6, 6.07) is 5.93. The van der Waals surface area contributed by atoms with Crippen molar-refractivity contribution >= 4 is 22.3 Å². The van der Waals surface area contributed by atoms with Gasteiger partial charge in [-0.1, -0.05) is 20.8 Å². The van der Waals surface area contributed by atoms with Crippen LogP contribution in [0.1, 0.15) is 26.5 Å². The maximum Gasteiger partial charge on any atom is 0.0569 e. The summed E-state index contributed by atoms with van der Waals surface area (Å²) in [6.07, 6.45) is 0. The Morgan fingerprint density at radius 3 is 2.20 bits per heavy atom. The van der Waals surface area contributed by atoms with Crippen LogP contribution in [0.5, 0.6) is 0 Å². The number of rotatable bonds is 0. The fourth-order valence-electron chi connectivity index (χ4n) is 1.62. The van der Waals surface area contributed by atoms with E-state index in [-0.39, 0.29) is 5.41 Å². The Balaban J connectivity index is 2.66. The Morgan fingerprint density at radius 1 is 1.00 bits per heavy atom. The third-order valence-corrected chi connectivity index (χ3v) is 2.63. The van der Waals surface area contributed by atoms with Crippen LogP contribution in [0.25, 0.3) is 10.9 Å². The van der Waals surface area contributed by atoms with Crippen molar-refractivity contribution in [2.24, 2.45) is 0 Å². The molecular formula is C12H17N3. The first-order chi connectivity index (χ1) is 6.88. The largest absolute Gasteiger partial charge is 0.397 e. The van der Waals surface area contributed by atoms with Crippen LogP contribution in [0.2, 0.25) is 0 Å². The van der Waals surface area contributed by atoms with E-state index in [1.807, 2.05) is 12.1 Å². The van der Waals surface area contributed by atoms with Crippen LogP contribution in [0.4, 0.5) is 11.4 Å². The highest BCUT2D eigenvalue weighted by atomic mass is 14.7. The van der Waals surface area contributed by atoms with Gasteiger partial charge in [0.25, 0.3) is 0 Å². The van der Waals surface area contributed by atoms with Crippen molar-refractivity contribution in [2.45, 2.75) is 26.2 Å². The summed E-state index contributed by atoms with van der Waals surface area (Å²) >= 11 is 0. The zero-order valence-corrected chi connectivity index (χ0v) is 9.39. The molecule has 0 aliphatic carbocycles. The fraction of sp³-hybridized carbons (Fsp3) is 0.333. The standard InChI is InChI=1S/C12H17N3/c1-12(2,3)11-5-7-4-8(13)9(14)6-10(7)15-11/h4-6,15H,13-14H2,1-3H3. The Morgan fingerprint density at radius 2 is 1.60 bits per heavy atom. The van der Waals surface area contributed by atoms with Crippen LogP contribution >= 0.6 is 0 Å². The number of hydrogen-bond acceptors (Lipinski definition) is 2. The van der Waals surface area contributed by atoms with Crippen LogP contribution in [-0.2, 0) is 5.41 Å². The SMILES string of the molecule is CC(C)(C)c1cc2cc(N)c(N)cc2[nH]1. The number of aromatic amines is 1. The monoisotopic (exact) mass is 203 g/mol. The number of hydrogen-bond donors (Lipinski definition) is 3. The lowest BCUT2D eigenvalue weighted by Crippen LogP contribution is -2.10. The Labute approximate surface area is 89.5 Å². The lowest BCUT2D eigenvalue weighted by Gasteiger charge is -2.15. The van der Waals surface area contributed by atoms with E-state index in [1.54, 1.807) is 0 Å². The predicted molar refractivity (Wildman–Crippen MR) is 65.8 cm³/mol. The molecule has 0 aliphatic rings. The normalized spacial score (nSPS) is 12.2. The lowest BCUT2D eigenvalue weighted by atomic mass is 9.92. The molecule has 0 spiro atoms. The van der Waals surface area contributed by atoms with Gasteiger partial charge in [-0.2, -0.15) is 0 Å². The maximum absolute atomic E-state index is 5.77. The van der Waals surface area contributed by atoms with E-state index in [9.17, 15) is 0 Å². The van der Waals surface area contributed by atoms with E-state index in [0.717, 1.165) is 10.9 Å². The number of nitrogens with one attached hydrogen (secondary N) is 1. The summed E-state index contributed by atoms with van der Waals surface area (Å²) in [5.74, 6) is 0. The van der Waals surface area contributed by atoms with Gasteiger partial charge in [0.2, 0.25) is 0 Å². The number of benzene rings is 1. The first kappa shape index (κ1) is 9.90. The van der Waals surface area contributed by atoms with Gasteiger partial charge in [0.1, 0.15) is 0 Å². The first-order valence-electron chi connectivity index (χ1n) is 5.06. The Kier molecular flexibility index (Phi) is 1.93. The van der Waals surface area contributed by atoms with E-state index in [2.05, 4.69) is 31.8 Å². The smallest absolute Gasteiger partial charge is 0.0569 e. The summed E-state index contributed by atoms with van der Waals surface area (Å²) < 4.78 is 0. The number of nitrogen functional groups attached to an aromatic ring is 2. The molecule has 0 atom stereocenters. The second-order valence-corrected chi connectivity index (χ2v) is 5.00.